The highest BCUT2D eigenvalue weighted by Gasteiger charge is 2.30. The van der Waals surface area contributed by atoms with Crippen LogP contribution < -0.4 is 15.0 Å². The lowest BCUT2D eigenvalue weighted by Gasteiger charge is -2.23. The first-order chi connectivity index (χ1) is 13.6. The summed E-state index contributed by atoms with van der Waals surface area (Å²) in [6.45, 7) is 2.41. The number of carbonyl (C=O) groups excluding carboxylic acids is 1. The number of hydrogen-bond donors (Lipinski definition) is 1. The lowest BCUT2D eigenvalue weighted by molar-refractivity contribution is 0.244. The number of halogens is 1. The highest BCUT2D eigenvalue weighted by Crippen LogP contribution is 2.31. The van der Waals surface area contributed by atoms with E-state index in [9.17, 15) is 9.18 Å². The molecule has 2 heterocycles. The Hall–Kier alpha value is -3.41. The van der Waals surface area contributed by atoms with Crippen LogP contribution in [0.2, 0.25) is 0 Å². The summed E-state index contributed by atoms with van der Waals surface area (Å²) >= 11 is 0. The molecule has 1 unspecified atom stereocenters. The van der Waals surface area contributed by atoms with Crippen molar-refractivity contribution in [1.29, 1.82) is 0 Å². The molecule has 0 spiro atoms. The maximum atomic E-state index is 12.9. The Morgan fingerprint density at radius 1 is 1.18 bits per heavy atom. The van der Waals surface area contributed by atoms with E-state index in [1.807, 2.05) is 31.2 Å². The Labute approximate surface area is 162 Å². The van der Waals surface area contributed by atoms with Crippen LogP contribution in [0.15, 0.2) is 66.9 Å². The Kier molecular flexibility index (Phi) is 4.93. The average molecular weight is 377 g/mol. The minimum absolute atomic E-state index is 0.121. The fourth-order valence-electron chi connectivity index (χ4n) is 3.34. The largest absolute Gasteiger partial charge is 0.439 e. The van der Waals surface area contributed by atoms with Gasteiger partial charge in [0.2, 0.25) is 5.88 Å². The second-order valence-corrected chi connectivity index (χ2v) is 6.77. The van der Waals surface area contributed by atoms with Crippen molar-refractivity contribution in [2.75, 3.05) is 4.90 Å². The second kappa shape index (κ2) is 7.68. The van der Waals surface area contributed by atoms with Crippen LogP contribution in [0, 0.1) is 5.82 Å². The number of nitrogens with one attached hydrogen (secondary N) is 1. The first-order valence-electron chi connectivity index (χ1n) is 9.13. The Balaban J connectivity index is 1.36. The minimum Gasteiger partial charge on any atom is -0.439 e. The van der Waals surface area contributed by atoms with Gasteiger partial charge in [0.15, 0.2) is 0 Å². The quantitative estimate of drug-likeness (QED) is 0.719. The number of ether oxygens (including phenoxy) is 1. The molecule has 0 radical (unpaired) electrons. The molecule has 1 N–H and O–H groups in total. The van der Waals surface area contributed by atoms with Crippen molar-refractivity contribution in [3.05, 3.63) is 83.8 Å². The van der Waals surface area contributed by atoms with Crippen LogP contribution in [-0.2, 0) is 13.0 Å². The third-order valence-corrected chi connectivity index (χ3v) is 4.70. The number of carbonyl (C=O) groups is 1. The van der Waals surface area contributed by atoms with Gasteiger partial charge in [-0.15, -0.1) is 0 Å². The zero-order chi connectivity index (χ0) is 19.5. The fourth-order valence-corrected chi connectivity index (χ4v) is 3.34. The molecular formula is C22H20FN3O2. The van der Waals surface area contributed by atoms with Crippen molar-refractivity contribution < 1.29 is 13.9 Å². The van der Waals surface area contributed by atoms with Crippen molar-refractivity contribution in [2.45, 2.75) is 25.9 Å². The van der Waals surface area contributed by atoms with E-state index in [-0.39, 0.29) is 17.9 Å². The number of pyridine rings is 1. The SMILES string of the molecule is CC1Cc2ccccc2N1C(=O)NCc1ccc(Oc2ccc(F)cc2)nc1. The van der Waals surface area contributed by atoms with Crippen molar-refractivity contribution >= 4 is 11.7 Å². The van der Waals surface area contributed by atoms with Gasteiger partial charge in [0.05, 0.1) is 0 Å². The smallest absolute Gasteiger partial charge is 0.322 e. The molecular weight excluding hydrogens is 357 g/mol. The molecule has 4 rings (SSSR count). The van der Waals surface area contributed by atoms with Gasteiger partial charge < -0.3 is 10.1 Å². The molecule has 6 heteroatoms. The summed E-state index contributed by atoms with van der Waals surface area (Å²) in [7, 11) is 0. The molecule has 1 aliphatic rings. The van der Waals surface area contributed by atoms with E-state index in [1.54, 1.807) is 29.3 Å². The molecule has 5 nitrogen and oxygen atoms in total. The Morgan fingerprint density at radius 3 is 2.71 bits per heavy atom. The van der Waals surface area contributed by atoms with Crippen LogP contribution in [0.25, 0.3) is 0 Å². The van der Waals surface area contributed by atoms with E-state index in [1.165, 1.54) is 17.7 Å². The van der Waals surface area contributed by atoms with Crippen LogP contribution in [0.1, 0.15) is 18.1 Å². The van der Waals surface area contributed by atoms with E-state index in [0.717, 1.165) is 17.7 Å². The zero-order valence-corrected chi connectivity index (χ0v) is 15.4. The van der Waals surface area contributed by atoms with Gasteiger partial charge in [0.25, 0.3) is 0 Å². The van der Waals surface area contributed by atoms with E-state index in [2.05, 4.69) is 16.4 Å². The fraction of sp³-hybridized carbons (Fsp3) is 0.182. The number of anilines is 1. The van der Waals surface area contributed by atoms with E-state index in [4.69, 9.17) is 4.74 Å². The van der Waals surface area contributed by atoms with Crippen molar-refractivity contribution in [1.82, 2.24) is 10.3 Å². The van der Waals surface area contributed by atoms with E-state index < -0.39 is 0 Å². The van der Waals surface area contributed by atoms with Gasteiger partial charge in [0, 0.05) is 30.5 Å². The first kappa shape index (κ1) is 18.0. The monoisotopic (exact) mass is 377 g/mol. The minimum atomic E-state index is -0.318. The highest BCUT2D eigenvalue weighted by molar-refractivity contribution is 5.94. The first-order valence-corrected chi connectivity index (χ1v) is 9.13. The van der Waals surface area contributed by atoms with Gasteiger partial charge in [-0.1, -0.05) is 24.3 Å². The summed E-state index contributed by atoms with van der Waals surface area (Å²) in [6, 6.07) is 17.3. The summed E-state index contributed by atoms with van der Waals surface area (Å²) in [6.07, 6.45) is 2.51. The molecule has 1 aliphatic heterocycles. The molecule has 28 heavy (non-hydrogen) atoms. The molecule has 2 amide bonds. The number of nitrogens with zero attached hydrogens (tertiary/aromatic N) is 2. The normalized spacial score (nSPS) is 15.2. The number of amides is 2. The van der Waals surface area contributed by atoms with Crippen LogP contribution >= 0.6 is 0 Å². The van der Waals surface area contributed by atoms with Crippen molar-refractivity contribution in [3.63, 3.8) is 0 Å². The van der Waals surface area contributed by atoms with Crippen molar-refractivity contribution in [2.24, 2.45) is 0 Å². The number of rotatable bonds is 4. The third kappa shape index (κ3) is 3.81. The van der Waals surface area contributed by atoms with Gasteiger partial charge in [0.1, 0.15) is 11.6 Å². The molecule has 0 bridgehead atoms. The average Bonchev–Trinajstić information content (AvgIpc) is 3.05. The standard InChI is InChI=1S/C22H20FN3O2/c1-15-12-17-4-2-3-5-20(17)26(15)22(27)25-14-16-6-11-21(24-13-16)28-19-9-7-18(23)8-10-19/h2-11,13,15H,12,14H2,1H3,(H,25,27). The van der Waals surface area contributed by atoms with Gasteiger partial charge in [-0.2, -0.15) is 0 Å². The number of urea groups is 1. The summed E-state index contributed by atoms with van der Waals surface area (Å²) < 4.78 is 18.5. The maximum absolute atomic E-state index is 12.9. The third-order valence-electron chi connectivity index (χ3n) is 4.70. The molecule has 0 saturated carbocycles. The van der Waals surface area contributed by atoms with E-state index >= 15 is 0 Å². The molecule has 3 aromatic rings. The highest BCUT2D eigenvalue weighted by atomic mass is 19.1. The Morgan fingerprint density at radius 2 is 1.96 bits per heavy atom. The van der Waals surface area contributed by atoms with Gasteiger partial charge in [-0.3, -0.25) is 4.90 Å². The Bertz CT molecular complexity index is 974. The predicted octanol–water partition coefficient (Wildman–Crippen LogP) is 4.67. The van der Waals surface area contributed by atoms with Crippen LogP contribution in [0.3, 0.4) is 0 Å². The predicted molar refractivity (Wildman–Crippen MR) is 105 cm³/mol. The summed E-state index contributed by atoms with van der Waals surface area (Å²) in [5.41, 5.74) is 3.02. The number of aromatic nitrogens is 1. The molecule has 142 valence electrons. The van der Waals surface area contributed by atoms with Crippen molar-refractivity contribution in [3.8, 4) is 11.6 Å². The number of fused-ring (bicyclic) bond motifs is 1. The lowest BCUT2D eigenvalue weighted by Crippen LogP contribution is -2.42. The number of para-hydroxylation sites is 1. The topological polar surface area (TPSA) is 54.5 Å². The van der Waals surface area contributed by atoms with E-state index in [0.29, 0.717) is 18.2 Å². The zero-order valence-electron chi connectivity index (χ0n) is 15.4. The molecule has 0 fully saturated rings. The molecule has 0 aliphatic carbocycles. The summed E-state index contributed by atoms with van der Waals surface area (Å²) in [5, 5.41) is 2.95. The van der Waals surface area contributed by atoms with Gasteiger partial charge >= 0.3 is 6.03 Å². The lowest BCUT2D eigenvalue weighted by atomic mass is 10.1. The summed E-state index contributed by atoms with van der Waals surface area (Å²) in [5.74, 6) is 0.599. The van der Waals surface area contributed by atoms with Crippen LogP contribution in [0.4, 0.5) is 14.9 Å². The second-order valence-electron chi connectivity index (χ2n) is 6.77. The van der Waals surface area contributed by atoms with Gasteiger partial charge in [-0.05, 0) is 54.8 Å². The van der Waals surface area contributed by atoms with Crippen LogP contribution in [-0.4, -0.2) is 17.1 Å². The molecule has 1 atom stereocenters. The molecule has 0 saturated heterocycles. The maximum Gasteiger partial charge on any atom is 0.322 e. The van der Waals surface area contributed by atoms with Crippen LogP contribution in [0.5, 0.6) is 11.6 Å². The summed E-state index contributed by atoms with van der Waals surface area (Å²) in [4.78, 5) is 18.7. The van der Waals surface area contributed by atoms with Gasteiger partial charge in [-0.25, -0.2) is 14.2 Å². The molecule has 2 aromatic carbocycles. The number of hydrogen-bond acceptors (Lipinski definition) is 3. The molecule has 1 aromatic heterocycles. The number of benzene rings is 2.